The molecule has 0 unspecified atom stereocenters. The lowest BCUT2D eigenvalue weighted by molar-refractivity contribution is -0.384. The summed E-state index contributed by atoms with van der Waals surface area (Å²) in [7, 11) is 0. The zero-order valence-electron chi connectivity index (χ0n) is 10.9. The number of benzene rings is 1. The Morgan fingerprint density at radius 2 is 1.90 bits per heavy atom. The molecule has 104 valence electrons. The van der Waals surface area contributed by atoms with Crippen LogP contribution in [0.2, 0.25) is 0 Å². The predicted octanol–water partition coefficient (Wildman–Crippen LogP) is 1.55. The van der Waals surface area contributed by atoms with Gasteiger partial charge in [0, 0.05) is 44.0 Å². The number of non-ortho nitro benzene ring substituents is 1. The van der Waals surface area contributed by atoms with Gasteiger partial charge in [0.25, 0.3) is 11.2 Å². The highest BCUT2D eigenvalue weighted by Gasteiger charge is 2.03. The first-order valence-electron chi connectivity index (χ1n) is 6.26. The van der Waals surface area contributed by atoms with Gasteiger partial charge in [0.2, 0.25) is 0 Å². The fraction of sp³-hybridized carbons (Fsp3) is 0.214. The van der Waals surface area contributed by atoms with Crippen LogP contribution in [0.1, 0.15) is 5.56 Å². The molecule has 0 aliphatic carbocycles. The predicted molar refractivity (Wildman–Crippen MR) is 75.5 cm³/mol. The molecule has 6 heteroatoms. The van der Waals surface area contributed by atoms with E-state index in [-0.39, 0.29) is 11.2 Å². The normalized spacial score (nSPS) is 10.4. The van der Waals surface area contributed by atoms with Crippen LogP contribution in [0.25, 0.3) is 0 Å². The first-order valence-corrected chi connectivity index (χ1v) is 6.26. The molecule has 20 heavy (non-hydrogen) atoms. The molecule has 0 fully saturated rings. The van der Waals surface area contributed by atoms with Gasteiger partial charge in [0.15, 0.2) is 0 Å². The molecular weight excluding hydrogens is 258 g/mol. The lowest BCUT2D eigenvalue weighted by Gasteiger charge is -2.07. The van der Waals surface area contributed by atoms with Crippen LogP contribution in [0.4, 0.5) is 5.69 Å². The third-order valence-electron chi connectivity index (χ3n) is 2.90. The van der Waals surface area contributed by atoms with Gasteiger partial charge in [0.05, 0.1) is 4.92 Å². The molecule has 1 aromatic heterocycles. The van der Waals surface area contributed by atoms with Gasteiger partial charge in [-0.3, -0.25) is 14.9 Å². The summed E-state index contributed by atoms with van der Waals surface area (Å²) < 4.78 is 1.63. The van der Waals surface area contributed by atoms with Gasteiger partial charge in [-0.1, -0.05) is 18.2 Å². The first kappa shape index (κ1) is 14.0. The van der Waals surface area contributed by atoms with Crippen LogP contribution in [-0.2, 0) is 13.1 Å². The SMILES string of the molecule is O=c1ccccn1CCNCc1ccc([N+](=O)[O-])cc1. The topological polar surface area (TPSA) is 77.2 Å². The molecule has 6 nitrogen and oxygen atoms in total. The van der Waals surface area contributed by atoms with E-state index < -0.39 is 4.92 Å². The maximum Gasteiger partial charge on any atom is 0.269 e. The molecule has 0 saturated carbocycles. The average molecular weight is 273 g/mol. The van der Waals surface area contributed by atoms with E-state index in [1.165, 1.54) is 18.2 Å². The van der Waals surface area contributed by atoms with E-state index in [0.29, 0.717) is 19.6 Å². The zero-order valence-corrected chi connectivity index (χ0v) is 10.9. The maximum atomic E-state index is 11.5. The van der Waals surface area contributed by atoms with E-state index in [2.05, 4.69) is 5.32 Å². The van der Waals surface area contributed by atoms with E-state index >= 15 is 0 Å². The third-order valence-corrected chi connectivity index (χ3v) is 2.90. The van der Waals surface area contributed by atoms with Crippen molar-refractivity contribution < 1.29 is 4.92 Å². The number of pyridine rings is 1. The van der Waals surface area contributed by atoms with Gasteiger partial charge in [-0.25, -0.2) is 0 Å². The number of nitrogens with zero attached hydrogens (tertiary/aromatic N) is 2. The second kappa shape index (κ2) is 6.63. The van der Waals surface area contributed by atoms with Crippen LogP contribution < -0.4 is 10.9 Å². The Hall–Kier alpha value is -2.47. The van der Waals surface area contributed by atoms with E-state index in [4.69, 9.17) is 0 Å². The minimum absolute atomic E-state index is 0.0235. The van der Waals surface area contributed by atoms with Gasteiger partial charge in [-0.15, -0.1) is 0 Å². The summed E-state index contributed by atoms with van der Waals surface area (Å²) in [5.41, 5.74) is 1.03. The maximum absolute atomic E-state index is 11.5. The lowest BCUT2D eigenvalue weighted by Crippen LogP contribution is -2.25. The number of hydrogen-bond acceptors (Lipinski definition) is 4. The molecule has 0 aliphatic rings. The summed E-state index contributed by atoms with van der Waals surface area (Å²) in [6.45, 7) is 1.85. The van der Waals surface area contributed by atoms with Crippen molar-refractivity contribution in [3.8, 4) is 0 Å². The van der Waals surface area contributed by atoms with Gasteiger partial charge in [-0.2, -0.15) is 0 Å². The number of nitrogens with one attached hydrogen (secondary N) is 1. The number of aromatic nitrogens is 1. The van der Waals surface area contributed by atoms with Crippen LogP contribution >= 0.6 is 0 Å². The Balaban J connectivity index is 1.80. The van der Waals surface area contributed by atoms with E-state index in [9.17, 15) is 14.9 Å². The van der Waals surface area contributed by atoms with Gasteiger partial charge in [-0.05, 0) is 11.6 Å². The molecule has 0 saturated heterocycles. The molecule has 1 heterocycles. The fourth-order valence-electron chi connectivity index (χ4n) is 1.81. The van der Waals surface area contributed by atoms with Crippen LogP contribution in [0, 0.1) is 10.1 Å². The first-order chi connectivity index (χ1) is 9.66. The quantitative estimate of drug-likeness (QED) is 0.492. The Morgan fingerprint density at radius 3 is 2.55 bits per heavy atom. The van der Waals surface area contributed by atoms with Crippen LogP contribution in [0.15, 0.2) is 53.5 Å². The highest BCUT2D eigenvalue weighted by atomic mass is 16.6. The molecule has 2 rings (SSSR count). The van der Waals surface area contributed by atoms with Gasteiger partial charge >= 0.3 is 0 Å². The van der Waals surface area contributed by atoms with E-state index in [0.717, 1.165) is 5.56 Å². The number of nitro benzene ring substituents is 1. The lowest BCUT2D eigenvalue weighted by atomic mass is 10.2. The van der Waals surface area contributed by atoms with Crippen molar-refractivity contribution in [2.45, 2.75) is 13.1 Å². The van der Waals surface area contributed by atoms with Gasteiger partial charge in [0.1, 0.15) is 0 Å². The number of rotatable bonds is 6. The van der Waals surface area contributed by atoms with Crippen molar-refractivity contribution in [3.63, 3.8) is 0 Å². The Labute approximate surface area is 115 Å². The molecule has 0 radical (unpaired) electrons. The summed E-state index contributed by atoms with van der Waals surface area (Å²) in [6.07, 6.45) is 1.75. The molecule has 0 amide bonds. The largest absolute Gasteiger partial charge is 0.314 e. The highest BCUT2D eigenvalue weighted by molar-refractivity contribution is 5.32. The Morgan fingerprint density at radius 1 is 1.15 bits per heavy atom. The zero-order chi connectivity index (χ0) is 14.4. The molecular formula is C14H15N3O3. The van der Waals surface area contributed by atoms with E-state index in [1.54, 1.807) is 29.0 Å². The van der Waals surface area contributed by atoms with Crippen molar-refractivity contribution in [2.75, 3.05) is 6.54 Å². The van der Waals surface area contributed by atoms with Crippen LogP contribution in [-0.4, -0.2) is 16.0 Å². The molecule has 0 aliphatic heterocycles. The van der Waals surface area contributed by atoms with E-state index in [1.807, 2.05) is 6.07 Å². The summed E-state index contributed by atoms with van der Waals surface area (Å²) in [6, 6.07) is 11.5. The van der Waals surface area contributed by atoms with Crippen LogP contribution in [0.3, 0.4) is 0 Å². The van der Waals surface area contributed by atoms with Crippen molar-refractivity contribution in [3.05, 3.63) is 74.7 Å². The third kappa shape index (κ3) is 3.76. The standard InChI is InChI=1S/C14H15N3O3/c18-14-3-1-2-9-16(14)10-8-15-11-12-4-6-13(7-5-12)17(19)20/h1-7,9,15H,8,10-11H2. The molecule has 0 bridgehead atoms. The van der Waals surface area contributed by atoms with Crippen molar-refractivity contribution in [1.82, 2.24) is 9.88 Å². The minimum Gasteiger partial charge on any atom is -0.314 e. The summed E-state index contributed by atoms with van der Waals surface area (Å²) in [5.74, 6) is 0. The average Bonchev–Trinajstić information content (AvgIpc) is 2.46. The molecule has 1 aromatic carbocycles. The van der Waals surface area contributed by atoms with Crippen molar-refractivity contribution in [2.24, 2.45) is 0 Å². The van der Waals surface area contributed by atoms with Crippen molar-refractivity contribution >= 4 is 5.69 Å². The molecule has 0 spiro atoms. The number of nitro groups is 1. The fourth-order valence-corrected chi connectivity index (χ4v) is 1.81. The van der Waals surface area contributed by atoms with Crippen LogP contribution in [0.5, 0.6) is 0 Å². The van der Waals surface area contributed by atoms with Gasteiger partial charge < -0.3 is 9.88 Å². The molecule has 0 atom stereocenters. The molecule has 1 N–H and O–H groups in total. The summed E-state index contributed by atoms with van der Waals surface area (Å²) >= 11 is 0. The Kier molecular flexibility index (Phi) is 4.62. The second-order valence-corrected chi connectivity index (χ2v) is 4.33. The van der Waals surface area contributed by atoms with Crippen molar-refractivity contribution in [1.29, 1.82) is 0 Å². The Bertz CT molecular complexity index is 635. The summed E-state index contributed by atoms with van der Waals surface area (Å²) in [5, 5.41) is 13.7. The smallest absolute Gasteiger partial charge is 0.269 e. The summed E-state index contributed by atoms with van der Waals surface area (Å²) in [4.78, 5) is 21.6. The minimum atomic E-state index is -0.418. The number of hydrogen-bond donors (Lipinski definition) is 1. The second-order valence-electron chi connectivity index (χ2n) is 4.33. The highest BCUT2D eigenvalue weighted by Crippen LogP contribution is 2.11. The molecule has 2 aromatic rings. The monoisotopic (exact) mass is 273 g/mol.